The van der Waals surface area contributed by atoms with E-state index < -0.39 is 11.9 Å². The number of hydrogen-bond donors (Lipinski definition) is 2. The summed E-state index contributed by atoms with van der Waals surface area (Å²) in [4.78, 5) is 13.1. The number of hydrogen-bond acceptors (Lipinski definition) is 3. The Bertz CT molecular complexity index is 449. The number of amides is 1. The first-order valence-corrected chi connectivity index (χ1v) is 6.27. The van der Waals surface area contributed by atoms with Crippen molar-refractivity contribution < 1.29 is 14.3 Å². The summed E-state index contributed by atoms with van der Waals surface area (Å²) >= 11 is 0. The molecule has 5 heteroatoms. The molecule has 2 N–H and O–H groups in total. The molecule has 0 heterocycles. The molecule has 2 unspecified atom stereocenters. The summed E-state index contributed by atoms with van der Waals surface area (Å²) in [5.74, 6) is -0.705. The van der Waals surface area contributed by atoms with E-state index in [9.17, 15) is 14.3 Å². The fourth-order valence-corrected chi connectivity index (χ4v) is 1.93. The minimum absolute atomic E-state index is 0.0761. The van der Waals surface area contributed by atoms with Gasteiger partial charge in [0.15, 0.2) is 0 Å². The molecule has 0 radical (unpaired) electrons. The van der Waals surface area contributed by atoms with Crippen LogP contribution in [0.25, 0.3) is 0 Å². The van der Waals surface area contributed by atoms with Crippen molar-refractivity contribution in [2.24, 2.45) is 5.92 Å². The third kappa shape index (κ3) is 3.92. The molecule has 0 aliphatic rings. The number of aliphatic hydroxyl groups excluding tert-OH is 1. The summed E-state index contributed by atoms with van der Waals surface area (Å²) in [5, 5.41) is 12.0. The summed E-state index contributed by atoms with van der Waals surface area (Å²) in [6.07, 6.45) is -0.696. The maximum atomic E-state index is 13.9. The number of benzene rings is 1. The monoisotopic (exact) mass is 268 g/mol. The minimum atomic E-state index is -0.696. The lowest BCUT2D eigenvalue weighted by Gasteiger charge is -2.23. The second kappa shape index (κ2) is 6.52. The fourth-order valence-electron chi connectivity index (χ4n) is 1.93. The number of rotatable bonds is 5. The van der Waals surface area contributed by atoms with E-state index in [0.717, 1.165) is 0 Å². The summed E-state index contributed by atoms with van der Waals surface area (Å²) in [7, 11) is 3.32. The minimum Gasteiger partial charge on any atom is -0.389 e. The van der Waals surface area contributed by atoms with E-state index in [1.807, 2.05) is 0 Å². The zero-order valence-electron chi connectivity index (χ0n) is 11.8. The van der Waals surface area contributed by atoms with Crippen molar-refractivity contribution in [2.75, 3.05) is 25.5 Å². The molecule has 0 saturated carbocycles. The van der Waals surface area contributed by atoms with Gasteiger partial charge in [0.05, 0.1) is 17.7 Å². The van der Waals surface area contributed by atoms with Crippen LogP contribution in [0.3, 0.4) is 0 Å². The first-order chi connectivity index (χ1) is 8.86. The van der Waals surface area contributed by atoms with Gasteiger partial charge in [0.2, 0.25) is 5.91 Å². The molecule has 2 atom stereocenters. The average Bonchev–Trinajstić information content (AvgIpc) is 2.37. The van der Waals surface area contributed by atoms with Crippen molar-refractivity contribution in [3.63, 3.8) is 0 Å². The average molecular weight is 268 g/mol. The summed E-state index contributed by atoms with van der Waals surface area (Å²) < 4.78 is 13.9. The van der Waals surface area contributed by atoms with Gasteiger partial charge in [0.25, 0.3) is 0 Å². The number of carbonyl (C=O) groups excluding carboxylic acids is 1. The van der Waals surface area contributed by atoms with Crippen molar-refractivity contribution in [3.8, 4) is 0 Å². The molecular formula is C14H21FN2O2. The summed E-state index contributed by atoms with van der Waals surface area (Å²) in [6.45, 7) is 3.80. The Morgan fingerprint density at radius 1 is 1.47 bits per heavy atom. The molecule has 0 saturated heterocycles. The second-order valence-electron chi connectivity index (χ2n) is 4.78. The Labute approximate surface area is 113 Å². The van der Waals surface area contributed by atoms with Crippen molar-refractivity contribution in [2.45, 2.75) is 20.0 Å². The normalized spacial score (nSPS) is 13.8. The zero-order chi connectivity index (χ0) is 14.6. The predicted octanol–water partition coefficient (Wildman–Crippen LogP) is 1.70. The van der Waals surface area contributed by atoms with Gasteiger partial charge in [0, 0.05) is 20.6 Å². The Hall–Kier alpha value is -1.62. The largest absolute Gasteiger partial charge is 0.389 e. The lowest BCUT2D eigenvalue weighted by atomic mass is 10.1. The summed E-state index contributed by atoms with van der Waals surface area (Å²) in [6, 6.07) is 4.62. The molecular weight excluding hydrogens is 247 g/mol. The molecule has 1 aromatic rings. The molecule has 4 nitrogen and oxygen atoms in total. The van der Waals surface area contributed by atoms with E-state index in [1.165, 1.54) is 6.07 Å². The molecule has 0 aromatic heterocycles. The first-order valence-electron chi connectivity index (χ1n) is 6.27. The van der Waals surface area contributed by atoms with Gasteiger partial charge in [-0.2, -0.15) is 0 Å². The van der Waals surface area contributed by atoms with Gasteiger partial charge >= 0.3 is 0 Å². The lowest BCUT2D eigenvalue weighted by Crippen LogP contribution is -2.34. The molecule has 1 aromatic carbocycles. The zero-order valence-corrected chi connectivity index (χ0v) is 11.8. The summed E-state index contributed by atoms with van der Waals surface area (Å²) in [5.41, 5.74) is 0.953. The first kappa shape index (κ1) is 15.4. The molecule has 106 valence electrons. The molecule has 0 spiro atoms. The maximum Gasteiger partial charge on any atom is 0.224 e. The number of anilines is 1. The van der Waals surface area contributed by atoms with Crippen LogP contribution < -0.4 is 10.2 Å². The quantitative estimate of drug-likeness (QED) is 0.854. The van der Waals surface area contributed by atoms with Crippen LogP contribution in [0.2, 0.25) is 0 Å². The van der Waals surface area contributed by atoms with E-state index in [4.69, 9.17) is 0 Å². The highest BCUT2D eigenvalue weighted by Crippen LogP contribution is 2.23. The van der Waals surface area contributed by atoms with E-state index >= 15 is 0 Å². The van der Waals surface area contributed by atoms with Crippen molar-refractivity contribution in [1.29, 1.82) is 0 Å². The number of nitrogens with one attached hydrogen (secondary N) is 1. The van der Waals surface area contributed by atoms with Crippen molar-refractivity contribution in [1.82, 2.24) is 5.32 Å². The SMILES string of the molecule is CNC(=O)C(C)CN(C)c1ccc(C(C)O)cc1F. The Morgan fingerprint density at radius 2 is 2.11 bits per heavy atom. The van der Waals surface area contributed by atoms with Gasteiger partial charge in [-0.05, 0) is 24.6 Å². The molecule has 0 aliphatic heterocycles. The molecule has 1 rings (SSSR count). The number of nitrogens with zero attached hydrogens (tertiary/aromatic N) is 1. The topological polar surface area (TPSA) is 52.6 Å². The second-order valence-corrected chi connectivity index (χ2v) is 4.78. The molecule has 19 heavy (non-hydrogen) atoms. The number of aliphatic hydroxyl groups is 1. The predicted molar refractivity (Wildman–Crippen MR) is 73.5 cm³/mol. The third-order valence-corrected chi connectivity index (χ3v) is 3.11. The Balaban J connectivity index is 2.83. The highest BCUT2D eigenvalue weighted by molar-refractivity contribution is 5.78. The fraction of sp³-hybridized carbons (Fsp3) is 0.500. The van der Waals surface area contributed by atoms with Crippen LogP contribution in [0, 0.1) is 11.7 Å². The standard InChI is InChI=1S/C14H21FN2O2/c1-9(14(19)16-3)8-17(4)13-6-5-11(10(2)18)7-12(13)15/h5-7,9-10,18H,8H2,1-4H3,(H,16,19). The van der Waals surface area contributed by atoms with Crippen LogP contribution in [0.15, 0.2) is 18.2 Å². The highest BCUT2D eigenvalue weighted by Gasteiger charge is 2.16. The van der Waals surface area contributed by atoms with Gasteiger partial charge in [-0.3, -0.25) is 4.79 Å². The van der Waals surface area contributed by atoms with Gasteiger partial charge in [-0.15, -0.1) is 0 Å². The maximum absolute atomic E-state index is 13.9. The Kier molecular flexibility index (Phi) is 5.30. The van der Waals surface area contributed by atoms with Crippen molar-refractivity contribution >= 4 is 11.6 Å². The van der Waals surface area contributed by atoms with Crippen LogP contribution >= 0.6 is 0 Å². The lowest BCUT2D eigenvalue weighted by molar-refractivity contribution is -0.123. The van der Waals surface area contributed by atoms with Gasteiger partial charge in [-0.1, -0.05) is 13.0 Å². The van der Waals surface area contributed by atoms with E-state index in [1.54, 1.807) is 45.0 Å². The number of halogens is 1. The van der Waals surface area contributed by atoms with Crippen molar-refractivity contribution in [3.05, 3.63) is 29.6 Å². The highest BCUT2D eigenvalue weighted by atomic mass is 19.1. The third-order valence-electron chi connectivity index (χ3n) is 3.11. The van der Waals surface area contributed by atoms with E-state index in [2.05, 4.69) is 5.32 Å². The van der Waals surface area contributed by atoms with Gasteiger partial charge in [-0.25, -0.2) is 4.39 Å². The van der Waals surface area contributed by atoms with Crippen LogP contribution in [0.1, 0.15) is 25.5 Å². The van der Waals surface area contributed by atoms with Crippen LogP contribution in [-0.2, 0) is 4.79 Å². The van der Waals surface area contributed by atoms with Crippen LogP contribution in [0.4, 0.5) is 10.1 Å². The molecule has 1 amide bonds. The van der Waals surface area contributed by atoms with Gasteiger partial charge in [0.1, 0.15) is 5.82 Å². The molecule has 0 fully saturated rings. The van der Waals surface area contributed by atoms with Crippen LogP contribution in [-0.4, -0.2) is 31.7 Å². The molecule has 0 bridgehead atoms. The molecule has 0 aliphatic carbocycles. The smallest absolute Gasteiger partial charge is 0.224 e. The van der Waals surface area contributed by atoms with Crippen LogP contribution in [0.5, 0.6) is 0 Å². The number of carbonyl (C=O) groups is 1. The van der Waals surface area contributed by atoms with E-state index in [-0.39, 0.29) is 11.8 Å². The van der Waals surface area contributed by atoms with Gasteiger partial charge < -0.3 is 15.3 Å². The van der Waals surface area contributed by atoms with E-state index in [0.29, 0.717) is 17.8 Å². The Morgan fingerprint density at radius 3 is 2.58 bits per heavy atom.